The van der Waals surface area contributed by atoms with Crippen LogP contribution in [-0.4, -0.2) is 12.3 Å². The molecule has 0 radical (unpaired) electrons. The van der Waals surface area contributed by atoms with Gasteiger partial charge in [0.1, 0.15) is 5.76 Å². The van der Waals surface area contributed by atoms with Crippen LogP contribution in [0.2, 0.25) is 0 Å². The van der Waals surface area contributed by atoms with E-state index in [1.54, 1.807) is 6.26 Å². The topological polar surface area (TPSA) is 25.2 Å². The van der Waals surface area contributed by atoms with Crippen LogP contribution in [0, 0.1) is 0 Å². The summed E-state index contributed by atoms with van der Waals surface area (Å²) in [6.45, 7) is 3.02. The maximum absolute atomic E-state index is 5.56. The molecule has 0 aliphatic heterocycles. The van der Waals surface area contributed by atoms with Gasteiger partial charge in [0.25, 0.3) is 0 Å². The quantitative estimate of drug-likeness (QED) is 0.665. The van der Waals surface area contributed by atoms with Gasteiger partial charge < -0.3 is 9.73 Å². The maximum atomic E-state index is 5.56. The lowest BCUT2D eigenvalue weighted by atomic mass is 10.2. The highest BCUT2D eigenvalue weighted by molar-refractivity contribution is 9.10. The van der Waals surface area contributed by atoms with Crippen molar-refractivity contribution in [2.24, 2.45) is 0 Å². The Balaban J connectivity index is 2.06. The first-order valence-corrected chi connectivity index (χ1v) is 8.63. The van der Waals surface area contributed by atoms with Gasteiger partial charge in [-0.05, 0) is 56.6 Å². The molecular weight excluding hydrogens is 390 g/mol. The molecule has 2 aromatic rings. The number of thioether (sulfide) groups is 1. The van der Waals surface area contributed by atoms with Gasteiger partial charge in [0, 0.05) is 15.1 Å². The fourth-order valence-corrected chi connectivity index (χ4v) is 3.86. The van der Waals surface area contributed by atoms with Crippen molar-refractivity contribution in [3.8, 4) is 0 Å². The average Bonchev–Trinajstić information content (AvgIpc) is 2.82. The Bertz CT molecular complexity index is 530. The summed E-state index contributed by atoms with van der Waals surface area (Å²) in [6.07, 6.45) is 1.72. The molecule has 1 aromatic carbocycles. The zero-order valence-electron chi connectivity index (χ0n) is 10.5. The Labute approximate surface area is 134 Å². The molecule has 2 rings (SSSR count). The summed E-state index contributed by atoms with van der Waals surface area (Å²) in [4.78, 5) is 1.24. The highest BCUT2D eigenvalue weighted by Crippen LogP contribution is 2.32. The molecule has 5 heteroatoms. The second-order valence-electron chi connectivity index (χ2n) is 3.98. The third kappa shape index (κ3) is 4.12. The molecule has 0 saturated carbocycles. The largest absolute Gasteiger partial charge is 0.466 e. The van der Waals surface area contributed by atoms with Crippen LogP contribution in [0.15, 0.2) is 54.9 Å². The second-order valence-corrected chi connectivity index (χ2v) is 6.75. The average molecular weight is 405 g/mol. The summed E-state index contributed by atoms with van der Waals surface area (Å²) in [7, 11) is 0. The van der Waals surface area contributed by atoms with Crippen LogP contribution in [0.4, 0.5) is 0 Å². The first kappa shape index (κ1) is 15.2. The summed E-state index contributed by atoms with van der Waals surface area (Å²) < 4.78 is 7.72. The first-order chi connectivity index (χ1) is 9.22. The molecule has 0 spiro atoms. The molecule has 1 heterocycles. The molecule has 2 nitrogen and oxygen atoms in total. The van der Waals surface area contributed by atoms with E-state index < -0.39 is 0 Å². The molecule has 1 atom stereocenters. The summed E-state index contributed by atoms with van der Waals surface area (Å²) in [5.74, 6) is 1.88. The number of halogens is 2. The van der Waals surface area contributed by atoms with Crippen molar-refractivity contribution in [1.29, 1.82) is 0 Å². The summed E-state index contributed by atoms with van der Waals surface area (Å²) in [5, 5.41) is 3.46. The van der Waals surface area contributed by atoms with Gasteiger partial charge in [-0.2, -0.15) is 0 Å². The van der Waals surface area contributed by atoms with E-state index in [4.69, 9.17) is 4.42 Å². The predicted molar refractivity (Wildman–Crippen MR) is 87.7 cm³/mol. The maximum Gasteiger partial charge on any atom is 0.135 e. The predicted octanol–water partition coefficient (Wildman–Crippen LogP) is 5.25. The Morgan fingerprint density at radius 2 is 2.00 bits per heavy atom. The van der Waals surface area contributed by atoms with Crippen molar-refractivity contribution in [2.45, 2.75) is 17.9 Å². The van der Waals surface area contributed by atoms with Gasteiger partial charge in [-0.15, -0.1) is 11.8 Å². The standard InChI is InChI=1S/C14H15Br2NOS/c1-2-17-12(14-11(16)7-8-18-14)9-19-13-6-4-3-5-10(13)15/h3-8,12,17H,2,9H2,1H3. The molecule has 0 fully saturated rings. The zero-order chi connectivity index (χ0) is 13.7. The van der Waals surface area contributed by atoms with E-state index in [0.717, 1.165) is 27.0 Å². The van der Waals surface area contributed by atoms with Crippen molar-refractivity contribution >= 4 is 43.6 Å². The fourth-order valence-electron chi connectivity index (χ4n) is 1.76. The summed E-state index contributed by atoms with van der Waals surface area (Å²) in [6, 6.07) is 10.4. The molecule has 0 aliphatic rings. The third-order valence-electron chi connectivity index (χ3n) is 2.65. The molecule has 1 aromatic heterocycles. The molecule has 102 valence electrons. The van der Waals surface area contributed by atoms with Gasteiger partial charge in [0.15, 0.2) is 0 Å². The third-order valence-corrected chi connectivity index (χ3v) is 5.43. The van der Waals surface area contributed by atoms with E-state index in [1.807, 2.05) is 23.9 Å². The van der Waals surface area contributed by atoms with Crippen LogP contribution >= 0.6 is 43.6 Å². The Morgan fingerprint density at radius 1 is 1.21 bits per heavy atom. The van der Waals surface area contributed by atoms with E-state index in [2.05, 4.69) is 62.3 Å². The number of rotatable bonds is 6. The van der Waals surface area contributed by atoms with Crippen molar-refractivity contribution in [2.75, 3.05) is 12.3 Å². The number of nitrogens with one attached hydrogen (secondary N) is 1. The normalized spacial score (nSPS) is 12.6. The second kappa shape index (κ2) is 7.53. The van der Waals surface area contributed by atoms with Crippen LogP contribution in [0.5, 0.6) is 0 Å². The minimum absolute atomic E-state index is 0.200. The number of hydrogen-bond donors (Lipinski definition) is 1. The van der Waals surface area contributed by atoms with E-state index in [-0.39, 0.29) is 6.04 Å². The van der Waals surface area contributed by atoms with Gasteiger partial charge in [0.2, 0.25) is 0 Å². The molecule has 1 unspecified atom stereocenters. The van der Waals surface area contributed by atoms with Crippen molar-refractivity contribution in [3.05, 3.63) is 51.3 Å². The van der Waals surface area contributed by atoms with Gasteiger partial charge in [-0.25, -0.2) is 0 Å². The highest BCUT2D eigenvalue weighted by atomic mass is 79.9. The molecular formula is C14H15Br2NOS. The van der Waals surface area contributed by atoms with Crippen LogP contribution in [0.1, 0.15) is 18.7 Å². The van der Waals surface area contributed by atoms with Crippen molar-refractivity contribution < 1.29 is 4.42 Å². The van der Waals surface area contributed by atoms with E-state index in [0.29, 0.717) is 0 Å². The van der Waals surface area contributed by atoms with Gasteiger partial charge in [0.05, 0.1) is 16.8 Å². The summed E-state index contributed by atoms with van der Waals surface area (Å²) in [5.41, 5.74) is 0. The summed E-state index contributed by atoms with van der Waals surface area (Å²) >= 11 is 8.91. The molecule has 19 heavy (non-hydrogen) atoms. The molecule has 0 amide bonds. The van der Waals surface area contributed by atoms with Gasteiger partial charge in [-0.3, -0.25) is 0 Å². The number of benzene rings is 1. The SMILES string of the molecule is CCNC(CSc1ccccc1Br)c1occc1Br. The lowest BCUT2D eigenvalue weighted by Crippen LogP contribution is -2.22. The van der Waals surface area contributed by atoms with Crippen LogP contribution < -0.4 is 5.32 Å². The zero-order valence-corrected chi connectivity index (χ0v) is 14.5. The van der Waals surface area contributed by atoms with Crippen LogP contribution in [0.25, 0.3) is 0 Å². The minimum atomic E-state index is 0.200. The van der Waals surface area contributed by atoms with Gasteiger partial charge in [-0.1, -0.05) is 19.1 Å². The van der Waals surface area contributed by atoms with E-state index in [1.165, 1.54) is 4.90 Å². The monoisotopic (exact) mass is 403 g/mol. The first-order valence-electron chi connectivity index (χ1n) is 6.06. The van der Waals surface area contributed by atoms with Crippen LogP contribution in [0.3, 0.4) is 0 Å². The smallest absolute Gasteiger partial charge is 0.135 e. The molecule has 0 saturated heterocycles. The Hall–Kier alpha value is -0.230. The van der Waals surface area contributed by atoms with E-state index in [9.17, 15) is 0 Å². The molecule has 0 bridgehead atoms. The Morgan fingerprint density at radius 3 is 2.63 bits per heavy atom. The lowest BCUT2D eigenvalue weighted by molar-refractivity contribution is 0.438. The number of furan rings is 1. The van der Waals surface area contributed by atoms with Crippen molar-refractivity contribution in [1.82, 2.24) is 5.32 Å². The minimum Gasteiger partial charge on any atom is -0.466 e. The fraction of sp³-hybridized carbons (Fsp3) is 0.286. The van der Waals surface area contributed by atoms with E-state index >= 15 is 0 Å². The van der Waals surface area contributed by atoms with Crippen molar-refractivity contribution in [3.63, 3.8) is 0 Å². The van der Waals surface area contributed by atoms with Crippen LogP contribution in [-0.2, 0) is 0 Å². The number of hydrogen-bond acceptors (Lipinski definition) is 3. The molecule has 1 N–H and O–H groups in total. The highest BCUT2D eigenvalue weighted by Gasteiger charge is 2.17. The molecule has 0 aliphatic carbocycles. The lowest BCUT2D eigenvalue weighted by Gasteiger charge is -2.16. The van der Waals surface area contributed by atoms with Gasteiger partial charge >= 0.3 is 0 Å². The Kier molecular flexibility index (Phi) is 6.01.